The molecule has 0 bridgehead atoms. The molecule has 0 spiro atoms. The Morgan fingerprint density at radius 1 is 1.27 bits per heavy atom. The number of benzene rings is 1. The first-order valence-electron chi connectivity index (χ1n) is 4.51. The van der Waals surface area contributed by atoms with Crippen LogP contribution in [0.1, 0.15) is 21.5 Å². The summed E-state index contributed by atoms with van der Waals surface area (Å²) in [6.45, 7) is 1.90. The van der Waals surface area contributed by atoms with Crippen LogP contribution < -0.4 is 0 Å². The number of aryl methyl sites for hydroxylation is 1. The summed E-state index contributed by atoms with van der Waals surface area (Å²) < 4.78 is 4.86. The van der Waals surface area contributed by atoms with Crippen molar-refractivity contribution in [2.45, 2.75) is 6.92 Å². The van der Waals surface area contributed by atoms with E-state index in [0.29, 0.717) is 16.1 Å². The van der Waals surface area contributed by atoms with Gasteiger partial charge < -0.3 is 4.42 Å². The molecule has 0 atom stereocenters. The summed E-state index contributed by atoms with van der Waals surface area (Å²) in [4.78, 5) is 11.9. The molecular weight excluding hydrogens is 212 g/mol. The predicted octanol–water partition coefficient (Wildman–Crippen LogP) is 3.47. The maximum absolute atomic E-state index is 11.9. The lowest BCUT2D eigenvalue weighted by atomic mass is 10.0. The van der Waals surface area contributed by atoms with Crippen LogP contribution in [0.5, 0.6) is 0 Å². The van der Waals surface area contributed by atoms with Crippen LogP contribution in [0.4, 0.5) is 0 Å². The van der Waals surface area contributed by atoms with Gasteiger partial charge in [-0.05, 0) is 24.6 Å². The summed E-state index contributed by atoms with van der Waals surface area (Å²) in [7, 11) is 0. The second-order valence-electron chi connectivity index (χ2n) is 3.31. The van der Waals surface area contributed by atoms with Crippen LogP contribution in [0, 0.1) is 6.92 Å². The molecule has 0 radical (unpaired) electrons. The second-order valence-corrected chi connectivity index (χ2v) is 3.71. The Morgan fingerprint density at radius 2 is 2.07 bits per heavy atom. The topological polar surface area (TPSA) is 30.2 Å². The van der Waals surface area contributed by atoms with Crippen LogP contribution in [-0.4, -0.2) is 5.78 Å². The second kappa shape index (κ2) is 3.91. The number of halogens is 1. The van der Waals surface area contributed by atoms with Gasteiger partial charge in [-0.3, -0.25) is 4.79 Å². The van der Waals surface area contributed by atoms with Gasteiger partial charge in [-0.25, -0.2) is 0 Å². The molecule has 0 amide bonds. The van der Waals surface area contributed by atoms with Gasteiger partial charge in [0.2, 0.25) is 0 Å². The molecule has 0 aliphatic rings. The fourth-order valence-electron chi connectivity index (χ4n) is 1.29. The van der Waals surface area contributed by atoms with E-state index in [1.165, 1.54) is 12.5 Å². The average molecular weight is 221 g/mol. The number of ketones is 1. The largest absolute Gasteiger partial charge is 0.472 e. The van der Waals surface area contributed by atoms with Crippen molar-refractivity contribution in [1.29, 1.82) is 0 Å². The highest BCUT2D eigenvalue weighted by Crippen LogP contribution is 2.19. The van der Waals surface area contributed by atoms with Crippen molar-refractivity contribution in [2.24, 2.45) is 0 Å². The van der Waals surface area contributed by atoms with Gasteiger partial charge in [-0.15, -0.1) is 0 Å². The molecule has 0 aliphatic heterocycles. The van der Waals surface area contributed by atoms with E-state index in [4.69, 9.17) is 16.0 Å². The van der Waals surface area contributed by atoms with Crippen molar-refractivity contribution in [3.05, 3.63) is 58.5 Å². The maximum Gasteiger partial charge on any atom is 0.196 e. The van der Waals surface area contributed by atoms with Gasteiger partial charge in [0.1, 0.15) is 6.26 Å². The van der Waals surface area contributed by atoms with Gasteiger partial charge in [0.05, 0.1) is 11.8 Å². The van der Waals surface area contributed by atoms with E-state index in [9.17, 15) is 4.79 Å². The lowest BCUT2D eigenvalue weighted by Crippen LogP contribution is -1.99. The van der Waals surface area contributed by atoms with E-state index < -0.39 is 0 Å². The lowest BCUT2D eigenvalue weighted by Gasteiger charge is -2.01. The molecular formula is C12H9ClO2. The summed E-state index contributed by atoms with van der Waals surface area (Å²) in [5, 5.41) is 0.601. The summed E-state index contributed by atoms with van der Waals surface area (Å²) in [5.74, 6) is -0.0781. The van der Waals surface area contributed by atoms with Gasteiger partial charge in [-0.1, -0.05) is 23.7 Å². The van der Waals surface area contributed by atoms with Crippen LogP contribution in [0.15, 0.2) is 41.2 Å². The number of carbonyl (C=O) groups is 1. The first-order valence-corrected chi connectivity index (χ1v) is 4.89. The zero-order valence-corrected chi connectivity index (χ0v) is 8.91. The first-order chi connectivity index (χ1) is 7.18. The van der Waals surface area contributed by atoms with Gasteiger partial charge in [0, 0.05) is 10.6 Å². The molecule has 0 aliphatic carbocycles. The minimum Gasteiger partial charge on any atom is -0.472 e. The molecule has 0 fully saturated rings. The zero-order valence-electron chi connectivity index (χ0n) is 8.16. The minimum absolute atomic E-state index is 0.0781. The number of furan rings is 1. The highest BCUT2D eigenvalue weighted by molar-refractivity contribution is 6.31. The third-order valence-corrected chi connectivity index (χ3v) is 2.62. The summed E-state index contributed by atoms with van der Waals surface area (Å²) >= 11 is 5.94. The molecule has 15 heavy (non-hydrogen) atoms. The summed E-state index contributed by atoms with van der Waals surface area (Å²) in [5.41, 5.74) is 2.07. The van der Waals surface area contributed by atoms with E-state index in [0.717, 1.165) is 5.56 Å². The van der Waals surface area contributed by atoms with Gasteiger partial charge in [0.25, 0.3) is 0 Å². The lowest BCUT2D eigenvalue weighted by molar-refractivity contribution is 0.103. The molecule has 0 unspecified atom stereocenters. The van der Waals surface area contributed by atoms with Crippen molar-refractivity contribution >= 4 is 17.4 Å². The highest BCUT2D eigenvalue weighted by atomic mass is 35.5. The molecule has 1 aromatic carbocycles. The molecule has 2 rings (SSSR count). The van der Waals surface area contributed by atoms with Crippen molar-refractivity contribution in [3.8, 4) is 0 Å². The van der Waals surface area contributed by atoms with Crippen LogP contribution >= 0.6 is 11.6 Å². The number of hydrogen-bond donors (Lipinski definition) is 0. The molecule has 1 heterocycles. The van der Waals surface area contributed by atoms with Gasteiger partial charge in [-0.2, -0.15) is 0 Å². The Balaban J connectivity index is 2.39. The average Bonchev–Trinajstić information content (AvgIpc) is 2.74. The number of rotatable bonds is 2. The van der Waals surface area contributed by atoms with E-state index in [-0.39, 0.29) is 5.78 Å². The number of hydrogen-bond acceptors (Lipinski definition) is 2. The van der Waals surface area contributed by atoms with Crippen molar-refractivity contribution < 1.29 is 9.21 Å². The molecule has 2 nitrogen and oxygen atoms in total. The van der Waals surface area contributed by atoms with Crippen LogP contribution in [-0.2, 0) is 0 Å². The monoisotopic (exact) mass is 220 g/mol. The molecule has 0 saturated carbocycles. The third-order valence-electron chi connectivity index (χ3n) is 2.22. The van der Waals surface area contributed by atoms with E-state index in [2.05, 4.69) is 0 Å². The first kappa shape index (κ1) is 9.99. The minimum atomic E-state index is -0.0781. The highest BCUT2D eigenvalue weighted by Gasteiger charge is 2.10. The standard InChI is InChI=1S/C12H9ClO2/c1-8-2-3-9(6-11(8)13)12(14)10-4-5-15-7-10/h2-7H,1H3. The van der Waals surface area contributed by atoms with Crippen molar-refractivity contribution in [2.75, 3.05) is 0 Å². The van der Waals surface area contributed by atoms with Crippen LogP contribution in [0.25, 0.3) is 0 Å². The quantitative estimate of drug-likeness (QED) is 0.726. The fourth-order valence-corrected chi connectivity index (χ4v) is 1.47. The Kier molecular flexibility index (Phi) is 2.60. The maximum atomic E-state index is 11.9. The Labute approximate surface area is 92.5 Å². The molecule has 0 saturated heterocycles. The summed E-state index contributed by atoms with van der Waals surface area (Å²) in [6.07, 6.45) is 2.90. The van der Waals surface area contributed by atoms with E-state index in [1.54, 1.807) is 18.2 Å². The Hall–Kier alpha value is -1.54. The smallest absolute Gasteiger partial charge is 0.196 e. The third kappa shape index (κ3) is 1.95. The van der Waals surface area contributed by atoms with Gasteiger partial charge in [0.15, 0.2) is 5.78 Å². The fraction of sp³-hybridized carbons (Fsp3) is 0.0833. The van der Waals surface area contributed by atoms with Crippen LogP contribution in [0.3, 0.4) is 0 Å². The van der Waals surface area contributed by atoms with Crippen LogP contribution in [0.2, 0.25) is 5.02 Å². The molecule has 3 heteroatoms. The molecule has 76 valence electrons. The normalized spacial score (nSPS) is 10.3. The molecule has 1 aromatic heterocycles. The molecule has 0 N–H and O–H groups in total. The van der Waals surface area contributed by atoms with E-state index >= 15 is 0 Å². The Morgan fingerprint density at radius 3 is 2.67 bits per heavy atom. The van der Waals surface area contributed by atoms with Crippen molar-refractivity contribution in [1.82, 2.24) is 0 Å². The molecule has 2 aromatic rings. The zero-order chi connectivity index (χ0) is 10.8. The Bertz CT molecular complexity index is 486. The number of carbonyl (C=O) groups excluding carboxylic acids is 1. The predicted molar refractivity (Wildman–Crippen MR) is 58.3 cm³/mol. The van der Waals surface area contributed by atoms with E-state index in [1.807, 2.05) is 13.0 Å². The van der Waals surface area contributed by atoms with Gasteiger partial charge >= 0.3 is 0 Å². The summed E-state index contributed by atoms with van der Waals surface area (Å²) in [6, 6.07) is 6.90. The van der Waals surface area contributed by atoms with Crippen molar-refractivity contribution in [3.63, 3.8) is 0 Å². The SMILES string of the molecule is Cc1ccc(C(=O)c2ccoc2)cc1Cl.